The fourth-order valence-corrected chi connectivity index (χ4v) is 3.03. The van der Waals surface area contributed by atoms with Crippen LogP contribution >= 0.6 is 0 Å². The van der Waals surface area contributed by atoms with Gasteiger partial charge in [0.1, 0.15) is 5.70 Å². The molecule has 1 fully saturated rings. The molecule has 112 valence electrons. The van der Waals surface area contributed by atoms with Crippen LogP contribution in [0.25, 0.3) is 5.70 Å². The fourth-order valence-electron chi connectivity index (χ4n) is 3.03. The first-order valence-corrected chi connectivity index (χ1v) is 6.85. The van der Waals surface area contributed by atoms with Crippen molar-refractivity contribution in [2.24, 2.45) is 0 Å². The Kier molecular flexibility index (Phi) is 3.27. The highest BCUT2D eigenvalue weighted by molar-refractivity contribution is 5.98. The average Bonchev–Trinajstić information content (AvgIpc) is 2.71. The second kappa shape index (κ2) is 4.98. The molecule has 1 aromatic rings. The van der Waals surface area contributed by atoms with E-state index in [4.69, 9.17) is 9.47 Å². The molecule has 2 heterocycles. The van der Waals surface area contributed by atoms with Crippen LogP contribution in [0.1, 0.15) is 32.1 Å². The minimum Gasteiger partial charge on any atom is -0.481 e. The lowest BCUT2D eigenvalue weighted by atomic mass is 9.82. The average molecular weight is 294 g/mol. The molecular weight excluding hydrogens is 279 g/mol. The van der Waals surface area contributed by atoms with Crippen molar-refractivity contribution in [1.82, 2.24) is 9.55 Å². The number of carbonyl (C=O) groups excluding carboxylic acids is 1. The molecule has 1 aliphatic heterocycles. The lowest BCUT2D eigenvalue weighted by Gasteiger charge is -2.34. The van der Waals surface area contributed by atoms with Gasteiger partial charge in [-0.3, -0.25) is 4.57 Å². The van der Waals surface area contributed by atoms with Crippen LogP contribution in [0.3, 0.4) is 0 Å². The summed E-state index contributed by atoms with van der Waals surface area (Å²) in [4.78, 5) is 27.4. The molecule has 0 N–H and O–H groups in total. The first-order chi connectivity index (χ1) is 10.1. The van der Waals surface area contributed by atoms with Gasteiger partial charge in [0.25, 0.3) is 0 Å². The third-order valence-electron chi connectivity index (χ3n) is 4.00. The summed E-state index contributed by atoms with van der Waals surface area (Å²) in [5.74, 6) is -1.87. The summed E-state index contributed by atoms with van der Waals surface area (Å²) in [5, 5.41) is 0. The minimum absolute atomic E-state index is 0.0210. The van der Waals surface area contributed by atoms with E-state index in [1.165, 1.54) is 19.4 Å². The van der Waals surface area contributed by atoms with Gasteiger partial charge in [0.05, 0.1) is 7.11 Å². The summed E-state index contributed by atoms with van der Waals surface area (Å²) in [6.07, 6.45) is 5.04. The largest absolute Gasteiger partial charge is 0.481 e. The fraction of sp³-hybridized carbons (Fsp3) is 0.500. The number of methoxy groups -OCH3 is 1. The zero-order valence-corrected chi connectivity index (χ0v) is 11.6. The van der Waals surface area contributed by atoms with Gasteiger partial charge in [-0.1, -0.05) is 6.42 Å². The van der Waals surface area contributed by atoms with Gasteiger partial charge in [-0.05, 0) is 25.7 Å². The summed E-state index contributed by atoms with van der Waals surface area (Å²) in [7, 11) is 1.39. The summed E-state index contributed by atoms with van der Waals surface area (Å²) in [6, 6.07) is 1.45. The normalized spacial score (nSPS) is 20.8. The molecule has 1 spiro atoms. The summed E-state index contributed by atoms with van der Waals surface area (Å²) in [6.45, 7) is 0. The maximum Gasteiger partial charge on any atom is 0.370 e. The Labute approximate surface area is 120 Å². The highest BCUT2D eigenvalue weighted by Crippen LogP contribution is 2.45. The molecule has 0 amide bonds. The van der Waals surface area contributed by atoms with Crippen molar-refractivity contribution in [2.45, 2.75) is 37.7 Å². The number of rotatable bonds is 2. The SMILES string of the molecule is COc1ccn(C2=C(F)C(=O)OC23CCCCC3)c(=O)n1. The van der Waals surface area contributed by atoms with Crippen molar-refractivity contribution in [2.75, 3.05) is 7.11 Å². The molecule has 0 bridgehead atoms. The van der Waals surface area contributed by atoms with E-state index in [2.05, 4.69) is 4.98 Å². The maximum absolute atomic E-state index is 14.2. The molecule has 0 atom stereocenters. The molecule has 1 aromatic heterocycles. The predicted molar refractivity (Wildman–Crippen MR) is 71.3 cm³/mol. The standard InChI is InChI=1S/C14H15FN2O4/c1-20-9-5-8-17(13(19)16-9)11-10(15)12(18)21-14(11)6-3-2-4-7-14/h5,8H,2-4,6-7H2,1H3. The van der Waals surface area contributed by atoms with Gasteiger partial charge in [0.15, 0.2) is 5.60 Å². The van der Waals surface area contributed by atoms with Crippen molar-refractivity contribution in [3.8, 4) is 5.88 Å². The van der Waals surface area contributed by atoms with E-state index in [0.29, 0.717) is 12.8 Å². The summed E-state index contributed by atoms with van der Waals surface area (Å²) >= 11 is 0. The third-order valence-corrected chi connectivity index (χ3v) is 4.00. The Morgan fingerprint density at radius 1 is 1.33 bits per heavy atom. The zero-order chi connectivity index (χ0) is 15.0. The number of hydrogen-bond donors (Lipinski definition) is 0. The summed E-state index contributed by atoms with van der Waals surface area (Å²) in [5.41, 5.74) is -1.76. The van der Waals surface area contributed by atoms with Crippen LogP contribution in [0.15, 0.2) is 22.9 Å². The Morgan fingerprint density at radius 3 is 2.67 bits per heavy atom. The van der Waals surface area contributed by atoms with E-state index in [-0.39, 0.29) is 11.6 Å². The Bertz CT molecular complexity index is 674. The predicted octanol–water partition coefficient (Wildman–Crippen LogP) is 1.65. The number of hydrogen-bond acceptors (Lipinski definition) is 5. The Hall–Kier alpha value is -2.18. The minimum atomic E-state index is -1.04. The van der Waals surface area contributed by atoms with Gasteiger partial charge in [-0.15, -0.1) is 0 Å². The number of ether oxygens (including phenoxy) is 2. The lowest BCUT2D eigenvalue weighted by Crippen LogP contribution is -2.38. The van der Waals surface area contributed by atoms with Crippen LogP contribution in [0.2, 0.25) is 0 Å². The van der Waals surface area contributed by atoms with Crippen molar-refractivity contribution in [1.29, 1.82) is 0 Å². The number of nitrogens with zero attached hydrogens (tertiary/aromatic N) is 2. The van der Waals surface area contributed by atoms with Gasteiger partial charge in [0, 0.05) is 12.3 Å². The number of halogens is 1. The maximum atomic E-state index is 14.2. The monoisotopic (exact) mass is 294 g/mol. The Balaban J connectivity index is 2.13. The van der Waals surface area contributed by atoms with Crippen LogP contribution in [-0.4, -0.2) is 28.2 Å². The van der Waals surface area contributed by atoms with Crippen LogP contribution in [0.4, 0.5) is 4.39 Å². The van der Waals surface area contributed by atoms with Gasteiger partial charge in [-0.25, -0.2) is 9.59 Å². The molecule has 21 heavy (non-hydrogen) atoms. The van der Waals surface area contributed by atoms with E-state index in [0.717, 1.165) is 23.8 Å². The molecule has 0 radical (unpaired) electrons. The number of esters is 1. The van der Waals surface area contributed by atoms with Crippen molar-refractivity contribution in [3.05, 3.63) is 28.6 Å². The van der Waals surface area contributed by atoms with E-state index < -0.39 is 23.1 Å². The van der Waals surface area contributed by atoms with Gasteiger partial charge in [0.2, 0.25) is 11.7 Å². The highest BCUT2D eigenvalue weighted by Gasteiger charge is 2.50. The van der Waals surface area contributed by atoms with Gasteiger partial charge in [-0.2, -0.15) is 9.37 Å². The molecule has 0 unspecified atom stereocenters. The number of aromatic nitrogens is 2. The topological polar surface area (TPSA) is 70.4 Å². The van der Waals surface area contributed by atoms with Crippen LogP contribution in [0, 0.1) is 0 Å². The van der Waals surface area contributed by atoms with Gasteiger partial charge >= 0.3 is 11.7 Å². The molecule has 3 rings (SSSR count). The van der Waals surface area contributed by atoms with E-state index >= 15 is 0 Å². The van der Waals surface area contributed by atoms with Crippen molar-refractivity contribution >= 4 is 11.7 Å². The third kappa shape index (κ3) is 2.12. The molecule has 7 heteroatoms. The molecule has 2 aliphatic rings. The molecule has 1 aliphatic carbocycles. The first kappa shape index (κ1) is 13.8. The Morgan fingerprint density at radius 2 is 2.05 bits per heavy atom. The lowest BCUT2D eigenvalue weighted by molar-refractivity contribution is -0.149. The molecule has 0 aromatic carbocycles. The van der Waals surface area contributed by atoms with Crippen LogP contribution in [0.5, 0.6) is 5.88 Å². The summed E-state index contributed by atoms with van der Waals surface area (Å²) < 4.78 is 25.4. The van der Waals surface area contributed by atoms with E-state index in [9.17, 15) is 14.0 Å². The van der Waals surface area contributed by atoms with E-state index in [1.807, 2.05) is 0 Å². The zero-order valence-electron chi connectivity index (χ0n) is 11.6. The van der Waals surface area contributed by atoms with Crippen molar-refractivity contribution < 1.29 is 18.7 Å². The van der Waals surface area contributed by atoms with Gasteiger partial charge < -0.3 is 9.47 Å². The second-order valence-corrected chi connectivity index (χ2v) is 5.23. The smallest absolute Gasteiger partial charge is 0.370 e. The number of carbonyl (C=O) groups is 1. The van der Waals surface area contributed by atoms with Crippen molar-refractivity contribution in [3.63, 3.8) is 0 Å². The highest BCUT2D eigenvalue weighted by atomic mass is 19.1. The van der Waals surface area contributed by atoms with Crippen LogP contribution in [-0.2, 0) is 9.53 Å². The molecule has 0 saturated heterocycles. The quantitative estimate of drug-likeness (QED) is 0.776. The molecule has 6 nitrogen and oxygen atoms in total. The molecular formula is C14H15FN2O4. The van der Waals surface area contributed by atoms with E-state index in [1.54, 1.807) is 0 Å². The molecule has 1 saturated carbocycles. The first-order valence-electron chi connectivity index (χ1n) is 6.85. The van der Waals surface area contributed by atoms with Crippen LogP contribution < -0.4 is 10.4 Å². The second-order valence-electron chi connectivity index (χ2n) is 5.23.